The molecule has 1 fully saturated rings. The van der Waals surface area contributed by atoms with E-state index in [-0.39, 0.29) is 10.6 Å². The topological polar surface area (TPSA) is 73.0 Å². The Kier molecular flexibility index (Phi) is 3.52. The molecular weight excluding hydrogens is 244 g/mol. The molecule has 6 heteroatoms. The first-order chi connectivity index (χ1) is 8.86. The first-order valence-electron chi connectivity index (χ1n) is 6.82. The summed E-state index contributed by atoms with van der Waals surface area (Å²) in [4.78, 5) is 10.8. The lowest BCUT2D eigenvalue weighted by Crippen LogP contribution is -2.13. The summed E-state index contributed by atoms with van der Waals surface area (Å²) in [5.41, 5.74) is 0.967. The molecule has 0 spiro atoms. The Hall–Kier alpha value is -1.59. The van der Waals surface area contributed by atoms with Crippen molar-refractivity contribution in [2.45, 2.75) is 47.1 Å². The number of nitro groups is 1. The van der Waals surface area contributed by atoms with E-state index < -0.39 is 0 Å². The van der Waals surface area contributed by atoms with Crippen molar-refractivity contribution in [1.82, 2.24) is 9.78 Å². The van der Waals surface area contributed by atoms with Gasteiger partial charge in [0.15, 0.2) is 0 Å². The second-order valence-electron chi connectivity index (χ2n) is 6.03. The first kappa shape index (κ1) is 13.8. The van der Waals surface area contributed by atoms with Crippen LogP contribution < -0.4 is 5.32 Å². The molecule has 1 heterocycles. The molecule has 1 N–H and O–H groups in total. The van der Waals surface area contributed by atoms with Crippen LogP contribution in [0.2, 0.25) is 0 Å². The van der Waals surface area contributed by atoms with Gasteiger partial charge in [-0.15, -0.1) is 0 Å². The molecule has 0 radical (unpaired) electrons. The van der Waals surface area contributed by atoms with Gasteiger partial charge in [-0.05, 0) is 31.1 Å². The fourth-order valence-corrected chi connectivity index (χ4v) is 2.48. The summed E-state index contributed by atoms with van der Waals surface area (Å²) < 4.78 is 1.73. The summed E-state index contributed by atoms with van der Waals surface area (Å²) in [7, 11) is 0. The van der Waals surface area contributed by atoms with Crippen LogP contribution in [-0.2, 0) is 6.54 Å². The molecule has 6 nitrogen and oxygen atoms in total. The molecule has 0 saturated heterocycles. The average Bonchev–Trinajstić information content (AvgIpc) is 2.77. The van der Waals surface area contributed by atoms with Crippen molar-refractivity contribution in [1.29, 1.82) is 0 Å². The average molecular weight is 266 g/mol. The maximum Gasteiger partial charge on any atom is 0.333 e. The van der Waals surface area contributed by atoms with Crippen molar-refractivity contribution in [3.05, 3.63) is 15.8 Å². The van der Waals surface area contributed by atoms with E-state index in [9.17, 15) is 10.1 Å². The summed E-state index contributed by atoms with van der Waals surface area (Å²) in [5, 5.41) is 18.7. The molecule has 106 valence electrons. The lowest BCUT2D eigenvalue weighted by atomic mass is 10.1. The standard InChI is InChI=1S/C13H22N4O2/c1-5-6-16-12(11(17(18)19)9(2)15-16)14-8-10-7-13(10,3)4/h10,14H,5-8H2,1-4H3. The fourth-order valence-electron chi connectivity index (χ4n) is 2.48. The Balaban J connectivity index is 2.18. The summed E-state index contributed by atoms with van der Waals surface area (Å²) >= 11 is 0. The lowest BCUT2D eigenvalue weighted by Gasteiger charge is -2.09. The molecule has 1 aromatic rings. The number of aromatic nitrogens is 2. The molecule has 1 unspecified atom stereocenters. The zero-order valence-corrected chi connectivity index (χ0v) is 12.1. The zero-order valence-electron chi connectivity index (χ0n) is 12.1. The second kappa shape index (κ2) is 4.83. The number of rotatable bonds is 6. The van der Waals surface area contributed by atoms with Crippen molar-refractivity contribution in [3.63, 3.8) is 0 Å². The van der Waals surface area contributed by atoms with Gasteiger partial charge in [0.1, 0.15) is 5.69 Å². The van der Waals surface area contributed by atoms with Crippen LogP contribution >= 0.6 is 0 Å². The highest BCUT2D eigenvalue weighted by Crippen LogP contribution is 2.51. The van der Waals surface area contributed by atoms with Crippen LogP contribution in [0.15, 0.2) is 0 Å². The largest absolute Gasteiger partial charge is 0.364 e. The van der Waals surface area contributed by atoms with Gasteiger partial charge in [-0.2, -0.15) is 5.10 Å². The summed E-state index contributed by atoms with van der Waals surface area (Å²) in [6, 6.07) is 0. The highest BCUT2D eigenvalue weighted by atomic mass is 16.6. The monoisotopic (exact) mass is 266 g/mol. The Morgan fingerprint density at radius 1 is 1.58 bits per heavy atom. The Bertz CT molecular complexity index is 493. The van der Waals surface area contributed by atoms with Crippen LogP contribution in [0.3, 0.4) is 0 Å². The highest BCUT2D eigenvalue weighted by molar-refractivity contribution is 5.59. The highest BCUT2D eigenvalue weighted by Gasteiger charge is 2.45. The first-order valence-corrected chi connectivity index (χ1v) is 6.82. The van der Waals surface area contributed by atoms with Crippen LogP contribution in [0.5, 0.6) is 0 Å². The van der Waals surface area contributed by atoms with Gasteiger partial charge < -0.3 is 5.32 Å². The van der Waals surface area contributed by atoms with E-state index in [0.717, 1.165) is 13.0 Å². The van der Waals surface area contributed by atoms with Crippen molar-refractivity contribution < 1.29 is 4.92 Å². The van der Waals surface area contributed by atoms with Crippen LogP contribution in [0.25, 0.3) is 0 Å². The lowest BCUT2D eigenvalue weighted by molar-refractivity contribution is -0.384. The number of hydrogen-bond acceptors (Lipinski definition) is 4. The van der Waals surface area contributed by atoms with Gasteiger partial charge in [0, 0.05) is 13.1 Å². The van der Waals surface area contributed by atoms with Crippen molar-refractivity contribution in [3.8, 4) is 0 Å². The normalized spacial score (nSPS) is 20.3. The number of hydrogen-bond donors (Lipinski definition) is 1. The third-order valence-electron chi connectivity index (χ3n) is 3.95. The van der Waals surface area contributed by atoms with E-state index in [1.165, 1.54) is 6.42 Å². The van der Waals surface area contributed by atoms with Gasteiger partial charge in [0.2, 0.25) is 5.82 Å². The van der Waals surface area contributed by atoms with Crippen molar-refractivity contribution in [2.24, 2.45) is 11.3 Å². The molecular formula is C13H22N4O2. The van der Waals surface area contributed by atoms with E-state index in [4.69, 9.17) is 0 Å². The minimum Gasteiger partial charge on any atom is -0.364 e. The number of anilines is 1. The molecule has 1 atom stereocenters. The predicted molar refractivity (Wildman–Crippen MR) is 74.3 cm³/mol. The maximum absolute atomic E-state index is 11.2. The minimum atomic E-state index is -0.338. The number of nitrogens with zero attached hydrogens (tertiary/aromatic N) is 3. The third kappa shape index (κ3) is 2.72. The van der Waals surface area contributed by atoms with Crippen LogP contribution in [0.4, 0.5) is 11.5 Å². The smallest absolute Gasteiger partial charge is 0.333 e. The van der Waals surface area contributed by atoms with Crippen molar-refractivity contribution in [2.75, 3.05) is 11.9 Å². The van der Waals surface area contributed by atoms with Crippen LogP contribution in [0, 0.1) is 28.4 Å². The van der Waals surface area contributed by atoms with Gasteiger partial charge in [-0.1, -0.05) is 20.8 Å². The van der Waals surface area contributed by atoms with Crippen LogP contribution in [0.1, 0.15) is 39.3 Å². The Morgan fingerprint density at radius 3 is 2.68 bits per heavy atom. The summed E-state index contributed by atoms with van der Waals surface area (Å²) in [6.45, 7) is 9.66. The molecule has 1 aromatic heterocycles. The molecule has 1 saturated carbocycles. The Labute approximate surface area is 113 Å². The third-order valence-corrected chi connectivity index (χ3v) is 3.95. The van der Waals surface area contributed by atoms with E-state index in [2.05, 4.69) is 24.3 Å². The maximum atomic E-state index is 11.2. The van der Waals surface area contributed by atoms with Crippen molar-refractivity contribution >= 4 is 11.5 Å². The molecule has 1 aliphatic rings. The molecule has 0 bridgehead atoms. The van der Waals surface area contributed by atoms with Gasteiger partial charge in [-0.25, -0.2) is 4.68 Å². The SMILES string of the molecule is CCCn1nc(C)c([N+](=O)[O-])c1NCC1CC1(C)C. The van der Waals surface area contributed by atoms with E-state index in [1.807, 2.05) is 6.92 Å². The summed E-state index contributed by atoms with van der Waals surface area (Å²) in [6.07, 6.45) is 2.08. The number of nitrogens with one attached hydrogen (secondary N) is 1. The molecule has 0 aromatic carbocycles. The molecule has 0 aliphatic heterocycles. The second-order valence-corrected chi connectivity index (χ2v) is 6.03. The fraction of sp³-hybridized carbons (Fsp3) is 0.769. The summed E-state index contributed by atoms with van der Waals surface area (Å²) in [5.74, 6) is 1.16. The van der Waals surface area contributed by atoms with E-state index >= 15 is 0 Å². The number of aryl methyl sites for hydroxylation is 2. The minimum absolute atomic E-state index is 0.118. The molecule has 19 heavy (non-hydrogen) atoms. The van der Waals surface area contributed by atoms with Crippen LogP contribution in [-0.4, -0.2) is 21.2 Å². The predicted octanol–water partition coefficient (Wildman–Crippen LogP) is 2.97. The van der Waals surface area contributed by atoms with Gasteiger partial charge in [-0.3, -0.25) is 10.1 Å². The van der Waals surface area contributed by atoms with Gasteiger partial charge in [0.25, 0.3) is 0 Å². The van der Waals surface area contributed by atoms with Gasteiger partial charge >= 0.3 is 5.69 Å². The molecule has 0 amide bonds. The van der Waals surface area contributed by atoms with E-state index in [0.29, 0.717) is 29.4 Å². The molecule has 1 aliphatic carbocycles. The van der Waals surface area contributed by atoms with Gasteiger partial charge in [0.05, 0.1) is 4.92 Å². The van der Waals surface area contributed by atoms with E-state index in [1.54, 1.807) is 11.6 Å². The molecule has 2 rings (SSSR count). The quantitative estimate of drug-likeness (QED) is 0.634. The Morgan fingerprint density at radius 2 is 2.21 bits per heavy atom. The zero-order chi connectivity index (χ0) is 14.2.